The van der Waals surface area contributed by atoms with Gasteiger partial charge < -0.3 is 15.2 Å². The van der Waals surface area contributed by atoms with E-state index in [1.165, 1.54) is 5.06 Å². The summed E-state index contributed by atoms with van der Waals surface area (Å²) in [5.74, 6) is 0.175. The molecule has 1 spiro atoms. The van der Waals surface area contributed by atoms with Crippen LogP contribution in [-0.4, -0.2) is 50.9 Å². The third kappa shape index (κ3) is 2.41. The Labute approximate surface area is 148 Å². The first-order chi connectivity index (χ1) is 11.8. The lowest BCUT2D eigenvalue weighted by atomic mass is 9.84. The molecular weight excluding hydrogens is 316 g/mol. The molecule has 0 atom stereocenters. The average Bonchev–Trinajstić information content (AvgIpc) is 3.34. The molecule has 1 aliphatic carbocycles. The minimum absolute atomic E-state index is 0.0403. The van der Waals surface area contributed by atoms with E-state index in [-0.39, 0.29) is 17.7 Å². The van der Waals surface area contributed by atoms with Crippen molar-refractivity contribution < 1.29 is 15.1 Å². The molecule has 3 aliphatic rings. The van der Waals surface area contributed by atoms with Crippen molar-refractivity contribution in [3.05, 3.63) is 40.1 Å². The quantitative estimate of drug-likeness (QED) is 0.867. The topological polar surface area (TPSA) is 64.0 Å². The van der Waals surface area contributed by atoms with Crippen LogP contribution in [0.3, 0.4) is 0 Å². The molecular formula is C20H26N2O3. The third-order valence-electron chi connectivity index (χ3n) is 5.98. The lowest BCUT2D eigenvalue weighted by Gasteiger charge is -2.43. The van der Waals surface area contributed by atoms with Gasteiger partial charge >= 0.3 is 0 Å². The normalized spacial score (nSPS) is 23.8. The van der Waals surface area contributed by atoms with E-state index >= 15 is 0 Å². The van der Waals surface area contributed by atoms with E-state index in [0.717, 1.165) is 35.1 Å². The van der Waals surface area contributed by atoms with Crippen molar-refractivity contribution in [3.63, 3.8) is 0 Å². The molecule has 5 heteroatoms. The van der Waals surface area contributed by atoms with E-state index in [4.69, 9.17) is 0 Å². The van der Waals surface area contributed by atoms with Crippen LogP contribution in [0.1, 0.15) is 47.9 Å². The number of piperidine rings is 1. The summed E-state index contributed by atoms with van der Waals surface area (Å²) >= 11 is 0. The van der Waals surface area contributed by atoms with Crippen molar-refractivity contribution in [2.24, 2.45) is 0 Å². The summed E-state index contributed by atoms with van der Waals surface area (Å²) in [5.41, 5.74) is 3.93. The van der Waals surface area contributed by atoms with Crippen LogP contribution in [0, 0.1) is 20.8 Å². The molecule has 25 heavy (non-hydrogen) atoms. The monoisotopic (exact) mass is 342 g/mol. The fraction of sp³-hybridized carbons (Fsp3) is 0.550. The van der Waals surface area contributed by atoms with Gasteiger partial charge in [0.2, 0.25) is 0 Å². The minimum Gasteiger partial charge on any atom is -0.509 e. The highest BCUT2D eigenvalue weighted by molar-refractivity contribution is 6.24. The molecule has 0 aromatic heterocycles. The molecule has 1 saturated heterocycles. The van der Waals surface area contributed by atoms with Crippen LogP contribution in [0.2, 0.25) is 0 Å². The fourth-order valence-corrected chi connectivity index (χ4v) is 4.75. The van der Waals surface area contributed by atoms with Crippen LogP contribution in [0.4, 0.5) is 0 Å². The van der Waals surface area contributed by atoms with Gasteiger partial charge in [-0.3, -0.25) is 4.79 Å². The highest BCUT2D eigenvalue weighted by Crippen LogP contribution is 2.50. The summed E-state index contributed by atoms with van der Waals surface area (Å²) < 4.78 is 0. The molecule has 1 aromatic rings. The molecule has 134 valence electrons. The van der Waals surface area contributed by atoms with Gasteiger partial charge in [-0.05, 0) is 63.1 Å². The van der Waals surface area contributed by atoms with Crippen molar-refractivity contribution in [2.75, 3.05) is 13.1 Å². The van der Waals surface area contributed by atoms with Gasteiger partial charge in [-0.2, -0.15) is 5.06 Å². The van der Waals surface area contributed by atoms with Gasteiger partial charge in [-0.25, -0.2) is 0 Å². The average molecular weight is 342 g/mol. The molecule has 2 aliphatic heterocycles. The second kappa shape index (κ2) is 5.58. The smallest absolute Gasteiger partial charge is 0.259 e. The maximum Gasteiger partial charge on any atom is 0.259 e. The number of aliphatic hydroxyl groups excluding tert-OH is 1. The number of nitrogens with zero attached hydrogens (tertiary/aromatic N) is 2. The van der Waals surface area contributed by atoms with Crippen molar-refractivity contribution in [1.29, 1.82) is 0 Å². The van der Waals surface area contributed by atoms with E-state index in [1.807, 2.05) is 25.7 Å². The second-order valence-corrected chi connectivity index (χ2v) is 7.89. The Hall–Kier alpha value is -1.85. The van der Waals surface area contributed by atoms with E-state index in [2.05, 4.69) is 12.1 Å². The lowest BCUT2D eigenvalue weighted by Crippen LogP contribution is -2.55. The zero-order valence-electron chi connectivity index (χ0n) is 15.2. The van der Waals surface area contributed by atoms with Gasteiger partial charge in [-0.1, -0.05) is 17.7 Å². The third-order valence-corrected chi connectivity index (χ3v) is 5.98. The molecule has 4 rings (SSSR count). The Kier molecular flexibility index (Phi) is 3.71. The number of aryl methyl sites for hydroxylation is 3. The van der Waals surface area contributed by atoms with Gasteiger partial charge in [0, 0.05) is 19.1 Å². The molecule has 1 amide bonds. The van der Waals surface area contributed by atoms with E-state index in [1.54, 1.807) is 0 Å². The first kappa shape index (κ1) is 16.6. The summed E-state index contributed by atoms with van der Waals surface area (Å²) in [6, 6.07) is 4.36. The van der Waals surface area contributed by atoms with Gasteiger partial charge in [0.05, 0.1) is 5.57 Å². The maximum atomic E-state index is 13.4. The van der Waals surface area contributed by atoms with Gasteiger partial charge in [-0.15, -0.1) is 0 Å². The largest absolute Gasteiger partial charge is 0.509 e. The Morgan fingerprint density at radius 3 is 2.16 bits per heavy atom. The van der Waals surface area contributed by atoms with Crippen molar-refractivity contribution in [1.82, 2.24) is 9.96 Å². The van der Waals surface area contributed by atoms with Crippen LogP contribution in [0.5, 0.6) is 0 Å². The lowest BCUT2D eigenvalue weighted by molar-refractivity contribution is -0.145. The maximum absolute atomic E-state index is 13.4. The standard InChI is InChI=1S/C20H26N2O3/c1-12-10-13(2)16(14(3)11-12)17-18(23)20(6-8-21(25)9-7-20)22(19(17)24)15-4-5-15/h10-11,15,23,25H,4-9H2,1-3H3. The van der Waals surface area contributed by atoms with Gasteiger partial charge in [0.1, 0.15) is 11.3 Å². The zero-order chi connectivity index (χ0) is 17.9. The number of benzene rings is 1. The predicted molar refractivity (Wildman–Crippen MR) is 95.4 cm³/mol. The Morgan fingerprint density at radius 1 is 1.08 bits per heavy atom. The number of hydrogen-bond acceptors (Lipinski definition) is 4. The van der Waals surface area contributed by atoms with Crippen molar-refractivity contribution in [3.8, 4) is 0 Å². The number of hydrogen-bond donors (Lipinski definition) is 2. The first-order valence-corrected chi connectivity index (χ1v) is 9.14. The molecule has 2 heterocycles. The van der Waals surface area contributed by atoms with E-state index in [9.17, 15) is 15.1 Å². The second-order valence-electron chi connectivity index (χ2n) is 7.89. The molecule has 5 nitrogen and oxygen atoms in total. The van der Waals surface area contributed by atoms with Crippen molar-refractivity contribution >= 4 is 11.5 Å². The van der Waals surface area contributed by atoms with Gasteiger partial charge in [0.15, 0.2) is 0 Å². The highest BCUT2D eigenvalue weighted by Gasteiger charge is 2.57. The summed E-state index contributed by atoms with van der Waals surface area (Å²) in [7, 11) is 0. The summed E-state index contributed by atoms with van der Waals surface area (Å²) in [5, 5.41) is 22.3. The number of carbonyl (C=O) groups excluding carboxylic acids is 1. The number of hydroxylamine groups is 2. The fourth-order valence-electron chi connectivity index (χ4n) is 4.75. The van der Waals surface area contributed by atoms with Crippen LogP contribution >= 0.6 is 0 Å². The molecule has 0 unspecified atom stereocenters. The van der Waals surface area contributed by atoms with Crippen molar-refractivity contribution in [2.45, 2.75) is 58.0 Å². The molecule has 1 aromatic carbocycles. The summed E-state index contributed by atoms with van der Waals surface area (Å²) in [4.78, 5) is 15.3. The first-order valence-electron chi connectivity index (χ1n) is 9.14. The number of carbonyl (C=O) groups is 1. The SMILES string of the molecule is Cc1cc(C)c(C2=C(O)C3(CCN(O)CC3)N(C3CC3)C2=O)c(C)c1. The molecule has 0 radical (unpaired) electrons. The Balaban J connectivity index is 1.87. The Morgan fingerprint density at radius 2 is 1.64 bits per heavy atom. The predicted octanol–water partition coefficient (Wildman–Crippen LogP) is 3.11. The van der Waals surface area contributed by atoms with Crippen LogP contribution in [0.15, 0.2) is 17.9 Å². The summed E-state index contributed by atoms with van der Waals surface area (Å²) in [6.07, 6.45) is 3.15. The summed E-state index contributed by atoms with van der Waals surface area (Å²) in [6.45, 7) is 7.00. The van der Waals surface area contributed by atoms with E-state index < -0.39 is 5.54 Å². The molecule has 2 fully saturated rings. The number of aliphatic hydroxyl groups is 1. The van der Waals surface area contributed by atoms with Gasteiger partial charge in [0.25, 0.3) is 5.91 Å². The Bertz CT molecular complexity index is 748. The number of amides is 1. The molecule has 1 saturated carbocycles. The molecule has 0 bridgehead atoms. The molecule has 2 N–H and O–H groups in total. The number of rotatable bonds is 2. The van der Waals surface area contributed by atoms with Crippen LogP contribution in [-0.2, 0) is 4.79 Å². The van der Waals surface area contributed by atoms with Crippen LogP contribution in [0.25, 0.3) is 5.57 Å². The van der Waals surface area contributed by atoms with E-state index in [0.29, 0.717) is 31.5 Å². The zero-order valence-corrected chi connectivity index (χ0v) is 15.2. The van der Waals surface area contributed by atoms with Crippen LogP contribution < -0.4 is 0 Å². The minimum atomic E-state index is -0.642. The highest BCUT2D eigenvalue weighted by atomic mass is 16.5.